The van der Waals surface area contributed by atoms with E-state index in [9.17, 15) is 4.79 Å². The molecule has 0 heterocycles. The van der Waals surface area contributed by atoms with Crippen LogP contribution in [0.3, 0.4) is 0 Å². The number of nitrogen functional groups attached to an aromatic ring is 1. The topological polar surface area (TPSA) is 55.1 Å². The number of aryl methyl sites for hydroxylation is 1. The molecule has 0 unspecified atom stereocenters. The highest BCUT2D eigenvalue weighted by molar-refractivity contribution is 5.96. The molecular formula is C22H22N2O. The van der Waals surface area contributed by atoms with Gasteiger partial charge in [-0.3, -0.25) is 4.79 Å². The van der Waals surface area contributed by atoms with Crippen molar-refractivity contribution in [3.63, 3.8) is 0 Å². The first-order valence-electron chi connectivity index (χ1n) is 8.34. The van der Waals surface area contributed by atoms with E-state index in [1.165, 1.54) is 16.7 Å². The Morgan fingerprint density at radius 2 is 1.48 bits per heavy atom. The maximum absolute atomic E-state index is 12.3. The zero-order valence-corrected chi connectivity index (χ0v) is 14.5. The van der Waals surface area contributed by atoms with Crippen molar-refractivity contribution in [1.82, 2.24) is 5.32 Å². The third-order valence-electron chi connectivity index (χ3n) is 4.41. The number of amides is 1. The third-order valence-corrected chi connectivity index (χ3v) is 4.41. The van der Waals surface area contributed by atoms with Crippen LogP contribution < -0.4 is 11.1 Å². The summed E-state index contributed by atoms with van der Waals surface area (Å²) in [5, 5.41) is 2.96. The number of rotatable bonds is 4. The minimum atomic E-state index is -0.104. The molecule has 0 aliphatic heterocycles. The van der Waals surface area contributed by atoms with E-state index < -0.39 is 0 Å². The number of nitrogens with one attached hydrogen (secondary N) is 1. The number of hydrogen-bond acceptors (Lipinski definition) is 2. The Balaban J connectivity index is 1.66. The minimum absolute atomic E-state index is 0.104. The Morgan fingerprint density at radius 3 is 2.12 bits per heavy atom. The molecule has 0 radical (unpaired) electrons. The van der Waals surface area contributed by atoms with E-state index in [4.69, 9.17) is 5.73 Å². The van der Waals surface area contributed by atoms with E-state index in [1.807, 2.05) is 19.1 Å². The Kier molecular flexibility index (Phi) is 4.85. The summed E-state index contributed by atoms with van der Waals surface area (Å²) in [4.78, 5) is 12.3. The summed E-state index contributed by atoms with van der Waals surface area (Å²) in [7, 11) is 0. The molecule has 0 atom stereocenters. The molecule has 0 spiro atoms. The molecule has 25 heavy (non-hydrogen) atoms. The second-order valence-electron chi connectivity index (χ2n) is 6.27. The van der Waals surface area contributed by atoms with Crippen molar-refractivity contribution in [3.8, 4) is 11.1 Å². The van der Waals surface area contributed by atoms with Crippen LogP contribution >= 0.6 is 0 Å². The highest BCUT2D eigenvalue weighted by Gasteiger charge is 2.10. The van der Waals surface area contributed by atoms with Crippen molar-refractivity contribution < 1.29 is 4.79 Å². The van der Waals surface area contributed by atoms with E-state index in [-0.39, 0.29) is 5.91 Å². The predicted octanol–water partition coefficient (Wildman–Crippen LogP) is 4.48. The molecular weight excluding hydrogens is 308 g/mol. The molecule has 0 aliphatic carbocycles. The summed E-state index contributed by atoms with van der Waals surface area (Å²) >= 11 is 0. The number of benzene rings is 3. The summed E-state index contributed by atoms with van der Waals surface area (Å²) in [6.45, 7) is 4.43. The molecule has 3 N–H and O–H groups in total. The average Bonchev–Trinajstić information content (AvgIpc) is 2.63. The standard InChI is InChI=1S/C22H22N2O/c1-15-6-10-18(11-7-15)19-12-8-17(9-13-19)14-24-22(25)20-4-3-5-21(23)16(20)2/h3-13H,14,23H2,1-2H3,(H,24,25). The first kappa shape index (κ1) is 16.8. The molecule has 3 aromatic carbocycles. The van der Waals surface area contributed by atoms with Crippen LogP contribution in [0.4, 0.5) is 5.69 Å². The number of carbonyl (C=O) groups excluding carboxylic acids is 1. The molecule has 3 aromatic rings. The zero-order chi connectivity index (χ0) is 17.8. The van der Waals surface area contributed by atoms with Gasteiger partial charge in [-0.05, 0) is 48.2 Å². The van der Waals surface area contributed by atoms with Crippen LogP contribution in [0.25, 0.3) is 11.1 Å². The van der Waals surface area contributed by atoms with Crippen LogP contribution in [0.1, 0.15) is 27.0 Å². The van der Waals surface area contributed by atoms with Crippen LogP contribution in [0.15, 0.2) is 66.7 Å². The maximum Gasteiger partial charge on any atom is 0.251 e. The molecule has 0 fully saturated rings. The lowest BCUT2D eigenvalue weighted by Crippen LogP contribution is -2.23. The molecule has 126 valence electrons. The van der Waals surface area contributed by atoms with E-state index in [0.717, 1.165) is 11.1 Å². The van der Waals surface area contributed by atoms with Gasteiger partial charge in [-0.25, -0.2) is 0 Å². The van der Waals surface area contributed by atoms with Gasteiger partial charge in [0.05, 0.1) is 0 Å². The highest BCUT2D eigenvalue weighted by Crippen LogP contribution is 2.20. The van der Waals surface area contributed by atoms with Crippen LogP contribution in [0.5, 0.6) is 0 Å². The van der Waals surface area contributed by atoms with Gasteiger partial charge in [0, 0.05) is 17.8 Å². The van der Waals surface area contributed by atoms with Gasteiger partial charge in [0.2, 0.25) is 0 Å². The van der Waals surface area contributed by atoms with Gasteiger partial charge < -0.3 is 11.1 Å². The van der Waals surface area contributed by atoms with Crippen LogP contribution in [0.2, 0.25) is 0 Å². The Bertz CT molecular complexity index is 881. The van der Waals surface area contributed by atoms with Crippen LogP contribution in [-0.2, 0) is 6.54 Å². The fourth-order valence-electron chi connectivity index (χ4n) is 2.74. The maximum atomic E-state index is 12.3. The summed E-state index contributed by atoms with van der Waals surface area (Å²) in [5.74, 6) is -0.104. The van der Waals surface area contributed by atoms with Gasteiger partial charge in [0.15, 0.2) is 0 Å². The van der Waals surface area contributed by atoms with Crippen molar-refractivity contribution in [2.75, 3.05) is 5.73 Å². The lowest BCUT2D eigenvalue weighted by molar-refractivity contribution is 0.0950. The zero-order valence-electron chi connectivity index (χ0n) is 14.5. The predicted molar refractivity (Wildman–Crippen MR) is 103 cm³/mol. The van der Waals surface area contributed by atoms with Crippen molar-refractivity contribution in [2.45, 2.75) is 20.4 Å². The van der Waals surface area contributed by atoms with Crippen LogP contribution in [0, 0.1) is 13.8 Å². The first-order valence-corrected chi connectivity index (χ1v) is 8.34. The van der Waals surface area contributed by atoms with E-state index in [2.05, 4.69) is 48.6 Å². The van der Waals surface area contributed by atoms with Crippen molar-refractivity contribution in [2.24, 2.45) is 0 Å². The second kappa shape index (κ2) is 7.22. The SMILES string of the molecule is Cc1ccc(-c2ccc(CNC(=O)c3cccc(N)c3C)cc2)cc1. The molecule has 1 amide bonds. The van der Waals surface area contributed by atoms with Gasteiger partial charge in [-0.2, -0.15) is 0 Å². The third kappa shape index (κ3) is 3.89. The Labute approximate surface area is 148 Å². The largest absolute Gasteiger partial charge is 0.398 e. The molecule has 0 saturated heterocycles. The molecule has 0 aromatic heterocycles. The van der Waals surface area contributed by atoms with Crippen LogP contribution in [-0.4, -0.2) is 5.91 Å². The molecule has 3 heteroatoms. The molecule has 3 rings (SSSR count). The van der Waals surface area contributed by atoms with Crippen molar-refractivity contribution >= 4 is 11.6 Å². The van der Waals surface area contributed by atoms with Gasteiger partial charge in [0.1, 0.15) is 0 Å². The summed E-state index contributed by atoms with van der Waals surface area (Å²) < 4.78 is 0. The number of anilines is 1. The van der Waals surface area contributed by atoms with Gasteiger partial charge in [-0.1, -0.05) is 60.2 Å². The highest BCUT2D eigenvalue weighted by atomic mass is 16.1. The summed E-state index contributed by atoms with van der Waals surface area (Å²) in [6.07, 6.45) is 0. The monoisotopic (exact) mass is 330 g/mol. The van der Waals surface area contributed by atoms with Gasteiger partial charge in [0.25, 0.3) is 5.91 Å². The Hall–Kier alpha value is -3.07. The summed E-state index contributed by atoms with van der Waals surface area (Å²) in [5.41, 5.74) is 12.6. The fourth-order valence-corrected chi connectivity index (χ4v) is 2.74. The van der Waals surface area contributed by atoms with Gasteiger partial charge in [-0.15, -0.1) is 0 Å². The van der Waals surface area contributed by atoms with Crippen molar-refractivity contribution in [1.29, 1.82) is 0 Å². The normalized spacial score (nSPS) is 10.5. The number of nitrogens with two attached hydrogens (primary N) is 1. The molecule has 3 nitrogen and oxygen atoms in total. The fraction of sp³-hybridized carbons (Fsp3) is 0.136. The Morgan fingerprint density at radius 1 is 0.880 bits per heavy atom. The smallest absolute Gasteiger partial charge is 0.251 e. The first-order chi connectivity index (χ1) is 12.0. The van der Waals surface area contributed by atoms with Gasteiger partial charge >= 0.3 is 0 Å². The minimum Gasteiger partial charge on any atom is -0.398 e. The number of carbonyl (C=O) groups is 1. The quantitative estimate of drug-likeness (QED) is 0.693. The molecule has 0 bridgehead atoms. The van der Waals surface area contributed by atoms with E-state index >= 15 is 0 Å². The summed E-state index contributed by atoms with van der Waals surface area (Å²) in [6, 6.07) is 22.1. The van der Waals surface area contributed by atoms with E-state index in [1.54, 1.807) is 18.2 Å². The van der Waals surface area contributed by atoms with Crippen molar-refractivity contribution in [3.05, 3.63) is 89.0 Å². The molecule has 0 aliphatic rings. The average molecular weight is 330 g/mol. The lowest BCUT2D eigenvalue weighted by atomic mass is 10.0. The van der Waals surface area contributed by atoms with E-state index in [0.29, 0.717) is 17.8 Å². The second-order valence-corrected chi connectivity index (χ2v) is 6.27. The molecule has 0 saturated carbocycles. The number of hydrogen-bond donors (Lipinski definition) is 2. The lowest BCUT2D eigenvalue weighted by Gasteiger charge is -2.10.